The van der Waals surface area contributed by atoms with E-state index in [0.29, 0.717) is 13.2 Å². The molecule has 28 heavy (non-hydrogen) atoms. The summed E-state index contributed by atoms with van der Waals surface area (Å²) in [7, 11) is -2.44. The Hall–Kier alpha value is 3.03. The molecular formula is C18H33Br6O3P. The molecule has 0 aromatic rings. The van der Waals surface area contributed by atoms with Crippen LogP contribution in [-0.4, -0.2) is 43.2 Å². The molecule has 0 heterocycles. The summed E-state index contributed by atoms with van der Waals surface area (Å²) in [4.78, 5) is 0. The molecule has 0 aliphatic rings. The van der Waals surface area contributed by atoms with Crippen molar-refractivity contribution in [1.29, 1.82) is 0 Å². The van der Waals surface area contributed by atoms with E-state index in [1.54, 1.807) is 0 Å². The first-order valence-corrected chi connectivity index (χ1v) is 17.1. The fourth-order valence-corrected chi connectivity index (χ4v) is 6.15. The van der Waals surface area contributed by atoms with Crippen molar-refractivity contribution in [3.8, 4) is 0 Å². The third kappa shape index (κ3) is 16.6. The highest BCUT2D eigenvalue weighted by molar-refractivity contribution is 9.10. The van der Waals surface area contributed by atoms with Crippen molar-refractivity contribution in [1.82, 2.24) is 0 Å². The number of halogens is 6. The third-order valence-electron chi connectivity index (χ3n) is 4.57. The first-order valence-electron chi connectivity index (χ1n) is 9.76. The molecule has 0 fully saturated rings. The van der Waals surface area contributed by atoms with E-state index in [2.05, 4.69) is 95.6 Å². The molecule has 10 heteroatoms. The van der Waals surface area contributed by atoms with Gasteiger partial charge in [-0.05, 0) is 64.2 Å². The molecule has 0 aromatic heterocycles. The van der Waals surface area contributed by atoms with Gasteiger partial charge in [0, 0.05) is 30.0 Å². The average Bonchev–Trinajstić information content (AvgIpc) is 2.68. The highest BCUT2D eigenvalue weighted by Crippen LogP contribution is 2.37. The second-order valence-corrected chi connectivity index (χ2v) is 14.5. The lowest BCUT2D eigenvalue weighted by molar-refractivity contribution is 0.205. The predicted octanol–water partition coefficient (Wildman–Crippen LogP) is 9.16. The second kappa shape index (κ2) is 19.5. The molecule has 0 aliphatic carbocycles. The topological polar surface area (TPSA) is 35.5 Å². The molecule has 0 aromatic carbocycles. The molecule has 0 unspecified atom stereocenters. The van der Waals surface area contributed by atoms with Crippen LogP contribution in [0, 0.1) is 0 Å². The number of hydrogen-bond donors (Lipinski definition) is 0. The van der Waals surface area contributed by atoms with Gasteiger partial charge in [0.05, 0.1) is 13.2 Å². The minimum Gasteiger partial charge on any atom is -0.311 e. The molecule has 0 radical (unpaired) electrons. The van der Waals surface area contributed by atoms with E-state index in [4.69, 9.17) is 9.05 Å². The van der Waals surface area contributed by atoms with Crippen molar-refractivity contribution >= 4 is 104 Å². The monoisotopic (exact) mass is 802 g/mol. The van der Waals surface area contributed by atoms with Crippen LogP contribution in [0.25, 0.3) is 0 Å². The molecule has 0 saturated heterocycles. The van der Waals surface area contributed by atoms with Crippen molar-refractivity contribution in [2.45, 2.75) is 72.9 Å². The maximum Gasteiger partial charge on any atom is 0.319 e. The summed E-state index contributed by atoms with van der Waals surface area (Å²) in [5.74, 6) is 0. The summed E-state index contributed by atoms with van der Waals surface area (Å²) < 4.78 is 23.3. The summed E-state index contributed by atoms with van der Waals surface area (Å²) in [5.41, 5.74) is 0. The van der Waals surface area contributed by atoms with Crippen molar-refractivity contribution in [2.75, 3.05) is 34.5 Å². The first-order chi connectivity index (χ1) is 13.3. The second-order valence-electron chi connectivity index (χ2n) is 6.92. The Kier molecular flexibility index (Phi) is 21.6. The van der Waals surface area contributed by atoms with E-state index in [9.17, 15) is 4.57 Å². The van der Waals surface area contributed by atoms with Gasteiger partial charge in [0.2, 0.25) is 0 Å². The van der Waals surface area contributed by atoms with Gasteiger partial charge in [-0.25, -0.2) is 0 Å². The predicted molar refractivity (Wildman–Crippen MR) is 146 cm³/mol. The van der Waals surface area contributed by atoms with Crippen molar-refractivity contribution in [2.24, 2.45) is 0 Å². The molecule has 0 saturated carbocycles. The van der Waals surface area contributed by atoms with Crippen LogP contribution in [0.15, 0.2) is 0 Å². The standard InChI is InChI=1S/C18H33Br6O3P/c19-11-1-5-17(23,6-2-12-20)9-15-26-28(25)27-16-10-18(24,7-3-13-21)8-4-14-22/h28H,1-16H2. The van der Waals surface area contributed by atoms with Crippen LogP contribution >= 0.6 is 104 Å². The minimum atomic E-state index is -2.44. The van der Waals surface area contributed by atoms with Gasteiger partial charge in [0.25, 0.3) is 0 Å². The Bertz CT molecular complexity index is 354. The molecule has 0 amide bonds. The normalized spacial score (nSPS) is 12.8. The number of hydrogen-bond acceptors (Lipinski definition) is 3. The summed E-state index contributed by atoms with van der Waals surface area (Å²) >= 11 is 21.8. The SMILES string of the molecule is O=[PH](OCCC(Br)(CCCBr)CCCBr)OCCC(Br)(CCCBr)CCCBr. The minimum absolute atomic E-state index is 0.0487. The van der Waals surface area contributed by atoms with Crippen LogP contribution < -0.4 is 0 Å². The highest BCUT2D eigenvalue weighted by atomic mass is 79.9. The Morgan fingerprint density at radius 1 is 0.571 bits per heavy atom. The molecule has 3 nitrogen and oxygen atoms in total. The molecule has 0 atom stereocenters. The van der Waals surface area contributed by atoms with Crippen LogP contribution in [0.4, 0.5) is 0 Å². The molecule has 0 N–H and O–H groups in total. The molecule has 0 bridgehead atoms. The Morgan fingerprint density at radius 3 is 1.11 bits per heavy atom. The fourth-order valence-electron chi connectivity index (χ4n) is 2.96. The van der Waals surface area contributed by atoms with Crippen molar-refractivity contribution < 1.29 is 13.6 Å². The van der Waals surface area contributed by atoms with Gasteiger partial charge < -0.3 is 9.05 Å². The van der Waals surface area contributed by atoms with Gasteiger partial charge in [-0.1, -0.05) is 95.6 Å². The maximum absolute atomic E-state index is 12.2. The fraction of sp³-hybridized carbons (Fsp3) is 1.00. The zero-order valence-electron chi connectivity index (χ0n) is 16.3. The van der Waals surface area contributed by atoms with Gasteiger partial charge in [-0.3, -0.25) is 4.57 Å². The Balaban J connectivity index is 4.26. The van der Waals surface area contributed by atoms with E-state index in [1.807, 2.05) is 0 Å². The average molecular weight is 808 g/mol. The van der Waals surface area contributed by atoms with Gasteiger partial charge in [-0.2, -0.15) is 0 Å². The lowest BCUT2D eigenvalue weighted by atomic mass is 9.95. The van der Waals surface area contributed by atoms with Gasteiger partial charge in [-0.15, -0.1) is 0 Å². The summed E-state index contributed by atoms with van der Waals surface area (Å²) in [5, 5.41) is 3.97. The quantitative estimate of drug-likeness (QED) is 0.0910. The summed E-state index contributed by atoms with van der Waals surface area (Å²) in [6.45, 7) is 0.917. The lowest BCUT2D eigenvalue weighted by Gasteiger charge is -2.28. The largest absolute Gasteiger partial charge is 0.319 e. The zero-order chi connectivity index (χ0) is 21.3. The van der Waals surface area contributed by atoms with E-state index in [1.165, 1.54) is 0 Å². The van der Waals surface area contributed by atoms with E-state index in [0.717, 1.165) is 85.5 Å². The van der Waals surface area contributed by atoms with Crippen LogP contribution in [0.2, 0.25) is 0 Å². The molecular weight excluding hydrogens is 775 g/mol. The van der Waals surface area contributed by atoms with Gasteiger partial charge in [0.1, 0.15) is 0 Å². The van der Waals surface area contributed by atoms with Crippen LogP contribution in [0.1, 0.15) is 64.2 Å². The third-order valence-corrected chi connectivity index (χ3v) is 10.1. The number of rotatable bonds is 20. The van der Waals surface area contributed by atoms with E-state index >= 15 is 0 Å². The van der Waals surface area contributed by atoms with Crippen LogP contribution in [0.3, 0.4) is 0 Å². The first kappa shape index (κ1) is 31.0. The van der Waals surface area contributed by atoms with Gasteiger partial charge in [0.15, 0.2) is 0 Å². The molecule has 0 aliphatic heterocycles. The smallest absolute Gasteiger partial charge is 0.311 e. The van der Waals surface area contributed by atoms with Crippen LogP contribution in [0.5, 0.6) is 0 Å². The highest BCUT2D eigenvalue weighted by Gasteiger charge is 2.27. The maximum atomic E-state index is 12.2. The zero-order valence-corrected chi connectivity index (χ0v) is 26.8. The summed E-state index contributed by atoms with van der Waals surface area (Å²) in [6, 6.07) is 0. The molecule has 0 rings (SSSR count). The van der Waals surface area contributed by atoms with E-state index in [-0.39, 0.29) is 8.65 Å². The Morgan fingerprint density at radius 2 is 0.857 bits per heavy atom. The number of alkyl halides is 6. The van der Waals surface area contributed by atoms with Crippen molar-refractivity contribution in [3.05, 3.63) is 0 Å². The Labute approximate surface area is 222 Å². The van der Waals surface area contributed by atoms with Gasteiger partial charge >= 0.3 is 8.25 Å². The molecule has 170 valence electrons. The van der Waals surface area contributed by atoms with Crippen LogP contribution in [-0.2, 0) is 13.6 Å². The lowest BCUT2D eigenvalue weighted by Crippen LogP contribution is -2.23. The molecule has 0 spiro atoms. The van der Waals surface area contributed by atoms with E-state index < -0.39 is 8.25 Å². The summed E-state index contributed by atoms with van der Waals surface area (Å²) in [6.07, 6.45) is 10.4. The van der Waals surface area contributed by atoms with Crippen molar-refractivity contribution in [3.63, 3.8) is 0 Å².